The Bertz CT molecular complexity index is 783. The first-order valence-corrected chi connectivity index (χ1v) is 6.22. The molecule has 0 unspecified atom stereocenters. The van der Waals surface area contributed by atoms with E-state index in [2.05, 4.69) is 4.74 Å². The maximum absolute atomic E-state index is 13.9. The van der Waals surface area contributed by atoms with Gasteiger partial charge in [0.15, 0.2) is 11.6 Å². The highest BCUT2D eigenvalue weighted by atomic mass is 19.2. The second kappa shape index (κ2) is 5.59. The van der Waals surface area contributed by atoms with Crippen LogP contribution >= 0.6 is 0 Å². The summed E-state index contributed by atoms with van der Waals surface area (Å²) in [5, 5.41) is -0.364. The fourth-order valence-electron chi connectivity index (χ4n) is 2.16. The predicted octanol–water partition coefficient (Wildman–Crippen LogP) is 2.43. The topological polar surface area (TPSA) is 48.3 Å². The van der Waals surface area contributed by atoms with Gasteiger partial charge in [0.1, 0.15) is 0 Å². The molecule has 0 atom stereocenters. The molecule has 112 valence electrons. The summed E-state index contributed by atoms with van der Waals surface area (Å²) < 4.78 is 45.8. The fraction of sp³-hybridized carbons (Fsp3) is 0.286. The van der Waals surface area contributed by atoms with Crippen molar-refractivity contribution in [1.82, 2.24) is 4.79 Å². The van der Waals surface area contributed by atoms with Crippen molar-refractivity contribution in [2.75, 3.05) is 6.61 Å². The molecule has 21 heavy (non-hydrogen) atoms. The van der Waals surface area contributed by atoms with Gasteiger partial charge >= 0.3 is 5.97 Å². The number of esters is 1. The third-order valence-corrected chi connectivity index (χ3v) is 3.17. The number of hydrogen-bond donors (Lipinski definition) is 0. The van der Waals surface area contributed by atoms with Crippen LogP contribution in [0.15, 0.2) is 16.9 Å². The Morgan fingerprint density at radius 2 is 2.00 bits per heavy atom. The van der Waals surface area contributed by atoms with Crippen LogP contribution < -0.4 is 5.56 Å². The van der Waals surface area contributed by atoms with E-state index in [0.717, 1.165) is 12.1 Å². The van der Waals surface area contributed by atoms with Crippen LogP contribution in [0.3, 0.4) is 0 Å². The van der Waals surface area contributed by atoms with Gasteiger partial charge in [-0.2, -0.15) is 0 Å². The van der Waals surface area contributed by atoms with E-state index < -0.39 is 29.6 Å². The molecule has 7 heteroatoms. The van der Waals surface area contributed by atoms with Crippen LogP contribution in [0.2, 0.25) is 0 Å². The molecule has 1 aromatic heterocycles. The first kappa shape index (κ1) is 15.1. The maximum atomic E-state index is 13.9. The first-order chi connectivity index (χ1) is 9.88. The number of hydrogen-bond acceptors (Lipinski definition) is 3. The zero-order valence-corrected chi connectivity index (χ0v) is 11.4. The van der Waals surface area contributed by atoms with Crippen molar-refractivity contribution in [2.24, 2.45) is 0 Å². The van der Waals surface area contributed by atoms with Crippen LogP contribution in [-0.4, -0.2) is 17.4 Å². The maximum Gasteiger partial charge on any atom is 0.310 e. The van der Waals surface area contributed by atoms with Crippen LogP contribution in [0.25, 0.3) is 10.9 Å². The lowest BCUT2D eigenvalue weighted by Gasteiger charge is -2.11. The molecule has 2 rings (SSSR count). The zero-order chi connectivity index (χ0) is 15.7. The van der Waals surface area contributed by atoms with Gasteiger partial charge in [-0.25, -0.2) is 8.78 Å². The quantitative estimate of drug-likeness (QED) is 0.818. The molecule has 0 aliphatic carbocycles. The summed E-state index contributed by atoms with van der Waals surface area (Å²) in [6, 6.07) is 1.70. The Hall–Kier alpha value is -2.31. The van der Waals surface area contributed by atoms with Crippen LogP contribution in [0.1, 0.15) is 18.1 Å². The van der Waals surface area contributed by atoms with E-state index >= 15 is 0 Å². The molecule has 0 aliphatic rings. The van der Waals surface area contributed by atoms with Gasteiger partial charge in [-0.05, 0) is 31.5 Å². The van der Waals surface area contributed by atoms with Gasteiger partial charge in [0, 0.05) is 10.9 Å². The van der Waals surface area contributed by atoms with Crippen LogP contribution in [0.4, 0.5) is 13.3 Å². The third-order valence-electron chi connectivity index (χ3n) is 3.17. The number of aryl methyl sites for hydroxylation is 1. The SMILES string of the molecule is CCOC(=O)Cc1c(C)c2c(F)c(F)ccc2n(F)c1=O. The third kappa shape index (κ3) is 2.51. The fourth-order valence-corrected chi connectivity index (χ4v) is 2.16. The van der Waals surface area contributed by atoms with Crippen LogP contribution in [0, 0.1) is 18.6 Å². The molecule has 0 spiro atoms. The van der Waals surface area contributed by atoms with Crippen molar-refractivity contribution in [1.29, 1.82) is 0 Å². The van der Waals surface area contributed by atoms with E-state index in [1.54, 1.807) is 6.92 Å². The van der Waals surface area contributed by atoms with E-state index in [0.29, 0.717) is 0 Å². The number of pyridine rings is 1. The number of carbonyl (C=O) groups excluding carboxylic acids is 1. The number of benzene rings is 1. The molecule has 0 fully saturated rings. The average Bonchev–Trinajstić information content (AvgIpc) is 2.44. The van der Waals surface area contributed by atoms with Crippen molar-refractivity contribution >= 4 is 16.9 Å². The summed E-state index contributed by atoms with van der Waals surface area (Å²) in [5.41, 5.74) is -1.70. The highest BCUT2D eigenvalue weighted by Crippen LogP contribution is 2.25. The molecule has 2 aromatic rings. The minimum Gasteiger partial charge on any atom is -0.466 e. The van der Waals surface area contributed by atoms with Gasteiger partial charge in [0.25, 0.3) is 5.56 Å². The minimum absolute atomic E-state index is 0.0222. The summed E-state index contributed by atoms with van der Waals surface area (Å²) in [6.07, 6.45) is -0.506. The van der Waals surface area contributed by atoms with Crippen molar-refractivity contribution in [3.63, 3.8) is 0 Å². The molecule has 0 radical (unpaired) electrons. The average molecular weight is 299 g/mol. The number of aromatic nitrogens is 1. The molecule has 0 bridgehead atoms. The number of halogens is 3. The molecule has 0 amide bonds. The molecular weight excluding hydrogens is 287 g/mol. The predicted molar refractivity (Wildman–Crippen MR) is 69.7 cm³/mol. The first-order valence-electron chi connectivity index (χ1n) is 6.22. The lowest BCUT2D eigenvalue weighted by atomic mass is 10.0. The molecule has 0 saturated carbocycles. The Labute approximate surface area is 117 Å². The smallest absolute Gasteiger partial charge is 0.310 e. The van der Waals surface area contributed by atoms with Gasteiger partial charge < -0.3 is 4.74 Å². The highest BCUT2D eigenvalue weighted by Gasteiger charge is 2.21. The second-order valence-electron chi connectivity index (χ2n) is 4.43. The van der Waals surface area contributed by atoms with Gasteiger partial charge in [0.2, 0.25) is 0 Å². The summed E-state index contributed by atoms with van der Waals surface area (Å²) in [4.78, 5) is 23.1. The Morgan fingerprint density at radius 1 is 1.33 bits per heavy atom. The summed E-state index contributed by atoms with van der Waals surface area (Å²) >= 11 is 0. The summed E-state index contributed by atoms with van der Waals surface area (Å²) in [5.74, 6) is -3.17. The van der Waals surface area contributed by atoms with Gasteiger partial charge in [-0.3, -0.25) is 9.59 Å². The van der Waals surface area contributed by atoms with Crippen LogP contribution in [0.5, 0.6) is 0 Å². The molecule has 0 N–H and O–H groups in total. The molecule has 1 heterocycles. The van der Waals surface area contributed by atoms with E-state index in [1.807, 2.05) is 0 Å². The molecule has 1 aromatic carbocycles. The molecule has 0 saturated heterocycles. The Morgan fingerprint density at radius 3 is 2.62 bits per heavy atom. The number of ether oxygens (including phenoxy) is 1. The number of nitrogens with zero attached hydrogens (tertiary/aromatic N) is 1. The van der Waals surface area contributed by atoms with Crippen molar-refractivity contribution in [3.8, 4) is 0 Å². The van der Waals surface area contributed by atoms with Crippen molar-refractivity contribution in [2.45, 2.75) is 20.3 Å². The minimum atomic E-state index is -1.26. The number of carbonyl (C=O) groups is 1. The van der Waals surface area contributed by atoms with Crippen LogP contribution in [-0.2, 0) is 16.0 Å². The van der Waals surface area contributed by atoms with Gasteiger partial charge in [0.05, 0.1) is 18.5 Å². The normalized spacial score (nSPS) is 10.9. The van der Waals surface area contributed by atoms with Crippen molar-refractivity contribution < 1.29 is 22.8 Å². The second-order valence-corrected chi connectivity index (χ2v) is 4.43. The summed E-state index contributed by atoms with van der Waals surface area (Å²) in [6.45, 7) is 3.01. The van der Waals surface area contributed by atoms with Gasteiger partial charge in [-0.15, -0.1) is 4.79 Å². The molecular formula is C14H12F3NO3. The van der Waals surface area contributed by atoms with E-state index in [-0.39, 0.29) is 33.4 Å². The largest absolute Gasteiger partial charge is 0.466 e. The molecule has 4 nitrogen and oxygen atoms in total. The Kier molecular flexibility index (Phi) is 4.02. The lowest BCUT2D eigenvalue weighted by molar-refractivity contribution is -0.142. The monoisotopic (exact) mass is 299 g/mol. The number of rotatable bonds is 3. The van der Waals surface area contributed by atoms with E-state index in [4.69, 9.17) is 0 Å². The zero-order valence-electron chi connectivity index (χ0n) is 11.4. The van der Waals surface area contributed by atoms with E-state index in [9.17, 15) is 22.9 Å². The highest BCUT2D eigenvalue weighted by molar-refractivity contribution is 5.85. The van der Waals surface area contributed by atoms with Crippen molar-refractivity contribution in [3.05, 3.63) is 45.2 Å². The van der Waals surface area contributed by atoms with E-state index in [1.165, 1.54) is 6.92 Å². The lowest BCUT2D eigenvalue weighted by Crippen LogP contribution is -2.24. The standard InChI is InChI=1S/C14H12F3NO3/c1-3-21-11(19)6-8-7(2)12-10(18(17)14(8)20)5-4-9(15)13(12)16/h4-5H,3,6H2,1-2H3. The number of fused-ring (bicyclic) bond motifs is 1. The Balaban J connectivity index is 2.75. The molecule has 0 aliphatic heterocycles. The van der Waals surface area contributed by atoms with Gasteiger partial charge in [-0.1, -0.05) is 4.48 Å². The summed E-state index contributed by atoms with van der Waals surface area (Å²) in [7, 11) is 0.